The first-order valence-electron chi connectivity index (χ1n) is 6.94. The molecule has 0 amide bonds. The van der Waals surface area contributed by atoms with Crippen molar-refractivity contribution in [3.63, 3.8) is 0 Å². The molecule has 5 N–H and O–H groups in total. The summed E-state index contributed by atoms with van der Waals surface area (Å²) in [6.07, 6.45) is 2.19. The van der Waals surface area contributed by atoms with Crippen molar-refractivity contribution in [2.75, 3.05) is 19.3 Å². The zero-order chi connectivity index (χ0) is 14.6. The van der Waals surface area contributed by atoms with Gasteiger partial charge < -0.3 is 20.8 Å². The van der Waals surface area contributed by atoms with Gasteiger partial charge >= 0.3 is 7.60 Å². The van der Waals surface area contributed by atoms with Crippen molar-refractivity contribution in [2.24, 2.45) is 11.1 Å². The minimum Gasteiger partial charge on any atom is -0.330 e. The van der Waals surface area contributed by atoms with Gasteiger partial charge in [-0.2, -0.15) is 0 Å². The molecule has 1 aliphatic rings. The molecule has 0 bridgehead atoms. The Kier molecular flexibility index (Phi) is 4.99. The van der Waals surface area contributed by atoms with Crippen LogP contribution in [0.25, 0.3) is 0 Å². The molecule has 0 aliphatic carbocycles. The molecule has 1 fully saturated rings. The van der Waals surface area contributed by atoms with Crippen LogP contribution in [-0.4, -0.2) is 35.1 Å². The highest BCUT2D eigenvalue weighted by Gasteiger charge is 2.40. The minimum absolute atomic E-state index is 0.108. The first kappa shape index (κ1) is 15.7. The predicted octanol–water partition coefficient (Wildman–Crippen LogP) is 1.10. The van der Waals surface area contributed by atoms with Crippen LogP contribution in [0.5, 0.6) is 0 Å². The average molecular weight is 298 g/mol. The Morgan fingerprint density at radius 1 is 1.35 bits per heavy atom. The van der Waals surface area contributed by atoms with E-state index in [1.54, 1.807) is 0 Å². The van der Waals surface area contributed by atoms with Crippen LogP contribution in [0.15, 0.2) is 30.3 Å². The summed E-state index contributed by atoms with van der Waals surface area (Å²) >= 11 is 0. The molecular weight excluding hydrogens is 275 g/mol. The van der Waals surface area contributed by atoms with Crippen LogP contribution >= 0.6 is 7.60 Å². The first-order valence-corrected chi connectivity index (χ1v) is 8.74. The lowest BCUT2D eigenvalue weighted by Gasteiger charge is -2.41. The van der Waals surface area contributed by atoms with Gasteiger partial charge in [0.2, 0.25) is 0 Å². The Morgan fingerprint density at radius 3 is 2.65 bits per heavy atom. The number of rotatable bonds is 5. The van der Waals surface area contributed by atoms with Gasteiger partial charge in [-0.3, -0.25) is 4.57 Å². The highest BCUT2D eigenvalue weighted by Crippen LogP contribution is 2.46. The third-order valence-corrected chi connectivity index (χ3v) is 5.15. The molecule has 0 saturated carbocycles. The number of nitrogens with one attached hydrogen (secondary N) is 1. The van der Waals surface area contributed by atoms with Crippen molar-refractivity contribution in [1.82, 2.24) is 5.32 Å². The fraction of sp³-hybridized carbons (Fsp3) is 0.571. The van der Waals surface area contributed by atoms with Gasteiger partial charge in [0.1, 0.15) is 0 Å². The quantitative estimate of drug-likeness (QED) is 0.611. The number of piperidine rings is 1. The largest absolute Gasteiger partial charge is 0.330 e. The first-order chi connectivity index (χ1) is 9.42. The van der Waals surface area contributed by atoms with E-state index in [0.29, 0.717) is 13.0 Å². The van der Waals surface area contributed by atoms with Crippen molar-refractivity contribution >= 4 is 7.60 Å². The van der Waals surface area contributed by atoms with Gasteiger partial charge in [0.25, 0.3) is 0 Å². The van der Waals surface area contributed by atoms with Gasteiger partial charge in [0.05, 0.1) is 6.16 Å². The number of benzene rings is 1. The second-order valence-corrected chi connectivity index (χ2v) is 7.47. The molecule has 6 heteroatoms. The van der Waals surface area contributed by atoms with Crippen molar-refractivity contribution in [2.45, 2.75) is 25.3 Å². The van der Waals surface area contributed by atoms with Crippen LogP contribution in [0.1, 0.15) is 18.4 Å². The molecule has 0 radical (unpaired) electrons. The Labute approximate surface area is 119 Å². The maximum atomic E-state index is 11.3. The van der Waals surface area contributed by atoms with Crippen LogP contribution in [0, 0.1) is 5.41 Å². The van der Waals surface area contributed by atoms with Crippen LogP contribution in [-0.2, 0) is 11.0 Å². The Morgan fingerprint density at radius 2 is 2.05 bits per heavy atom. The van der Waals surface area contributed by atoms with Crippen LogP contribution < -0.4 is 11.1 Å². The van der Waals surface area contributed by atoms with E-state index in [0.717, 1.165) is 19.4 Å². The summed E-state index contributed by atoms with van der Waals surface area (Å²) in [4.78, 5) is 18.6. The van der Waals surface area contributed by atoms with Crippen LogP contribution in [0.2, 0.25) is 0 Å². The van der Waals surface area contributed by atoms with E-state index in [1.165, 1.54) is 5.56 Å². The number of nitrogens with two attached hydrogens (primary N) is 1. The monoisotopic (exact) mass is 298 g/mol. The number of hydrogen-bond donors (Lipinski definition) is 4. The predicted molar refractivity (Wildman–Crippen MR) is 79.6 cm³/mol. The standard InChI is InChI=1S/C14H23N2O3P/c15-10-14(11-20(17,18)19)6-7-16-13(9-14)8-12-4-2-1-3-5-12/h1-5,13,16H,6-11,15H2,(H2,17,18,19). The molecule has 1 aliphatic heterocycles. The van der Waals surface area contributed by atoms with E-state index in [1.807, 2.05) is 18.2 Å². The Balaban J connectivity index is 2.05. The summed E-state index contributed by atoms with van der Waals surface area (Å²) in [7, 11) is -4.03. The summed E-state index contributed by atoms with van der Waals surface area (Å²) in [5.74, 6) is 0. The van der Waals surface area contributed by atoms with Gasteiger partial charge in [-0.15, -0.1) is 0 Å². The molecule has 5 nitrogen and oxygen atoms in total. The van der Waals surface area contributed by atoms with E-state index in [9.17, 15) is 14.4 Å². The fourth-order valence-electron chi connectivity index (χ4n) is 3.11. The van der Waals surface area contributed by atoms with Gasteiger partial charge in [0.15, 0.2) is 0 Å². The number of hydrogen-bond acceptors (Lipinski definition) is 3. The van der Waals surface area contributed by atoms with Gasteiger partial charge in [-0.05, 0) is 43.3 Å². The Bertz CT molecular complexity index is 477. The summed E-state index contributed by atoms with van der Waals surface area (Å²) in [5, 5.41) is 3.43. The molecule has 2 unspecified atom stereocenters. The van der Waals surface area contributed by atoms with E-state index in [2.05, 4.69) is 17.4 Å². The zero-order valence-electron chi connectivity index (χ0n) is 11.5. The van der Waals surface area contributed by atoms with Crippen LogP contribution in [0.4, 0.5) is 0 Å². The average Bonchev–Trinajstić information content (AvgIpc) is 2.38. The van der Waals surface area contributed by atoms with Gasteiger partial charge in [0, 0.05) is 6.04 Å². The zero-order valence-corrected chi connectivity index (χ0v) is 12.4. The fourth-order valence-corrected chi connectivity index (χ4v) is 4.40. The minimum atomic E-state index is -4.03. The highest BCUT2D eigenvalue weighted by molar-refractivity contribution is 7.51. The molecule has 1 heterocycles. The third kappa shape index (κ3) is 4.40. The van der Waals surface area contributed by atoms with E-state index < -0.39 is 13.0 Å². The molecule has 1 saturated heterocycles. The van der Waals surface area contributed by atoms with Crippen LogP contribution in [0.3, 0.4) is 0 Å². The maximum absolute atomic E-state index is 11.3. The normalized spacial score (nSPS) is 27.4. The summed E-state index contributed by atoms with van der Waals surface area (Å²) in [6.45, 7) is 1.08. The SMILES string of the molecule is NCC1(CP(=O)(O)O)CCNC(Cc2ccccc2)C1. The third-order valence-electron chi connectivity index (χ3n) is 4.07. The molecule has 2 rings (SSSR count). The molecule has 20 heavy (non-hydrogen) atoms. The van der Waals surface area contributed by atoms with E-state index in [-0.39, 0.29) is 12.2 Å². The molecule has 1 aromatic rings. The molecule has 0 spiro atoms. The smallest absolute Gasteiger partial charge is 0.326 e. The van der Waals surface area contributed by atoms with Crippen molar-refractivity contribution in [3.05, 3.63) is 35.9 Å². The lowest BCUT2D eigenvalue weighted by Crippen LogP contribution is -2.49. The van der Waals surface area contributed by atoms with E-state index >= 15 is 0 Å². The summed E-state index contributed by atoms with van der Waals surface area (Å²) < 4.78 is 11.3. The molecule has 1 aromatic carbocycles. The molecule has 112 valence electrons. The lowest BCUT2D eigenvalue weighted by atomic mass is 9.76. The van der Waals surface area contributed by atoms with Gasteiger partial charge in [-0.25, -0.2) is 0 Å². The molecule has 0 aromatic heterocycles. The van der Waals surface area contributed by atoms with Crippen molar-refractivity contribution in [3.8, 4) is 0 Å². The highest BCUT2D eigenvalue weighted by atomic mass is 31.2. The van der Waals surface area contributed by atoms with Gasteiger partial charge in [-0.1, -0.05) is 30.3 Å². The maximum Gasteiger partial charge on any atom is 0.326 e. The lowest BCUT2D eigenvalue weighted by molar-refractivity contribution is 0.186. The molecule has 2 atom stereocenters. The summed E-state index contributed by atoms with van der Waals surface area (Å²) in [5.41, 5.74) is 6.62. The second kappa shape index (κ2) is 6.37. The second-order valence-electron chi connectivity index (χ2n) is 5.82. The van der Waals surface area contributed by atoms with Crippen molar-refractivity contribution in [1.29, 1.82) is 0 Å². The van der Waals surface area contributed by atoms with Crippen molar-refractivity contribution < 1.29 is 14.4 Å². The summed E-state index contributed by atoms with van der Waals surface area (Å²) in [6, 6.07) is 10.4. The van der Waals surface area contributed by atoms with E-state index in [4.69, 9.17) is 5.73 Å². The molecular formula is C14H23N2O3P. The Hall–Kier alpha value is -0.710. The topological polar surface area (TPSA) is 95.6 Å².